The van der Waals surface area contributed by atoms with E-state index in [2.05, 4.69) is 46.9 Å². The van der Waals surface area contributed by atoms with Crippen LogP contribution in [-0.4, -0.2) is 20.2 Å². The molecule has 3 rings (SSSR count). The highest BCUT2D eigenvalue weighted by atomic mass is 32.1. The maximum Gasteiger partial charge on any atom is 0.255 e. The van der Waals surface area contributed by atoms with Crippen LogP contribution in [0.15, 0.2) is 59.3 Å². The van der Waals surface area contributed by atoms with Gasteiger partial charge < -0.3 is 14.6 Å². The fraction of sp³-hybridized carbons (Fsp3) is 0.364. The molecule has 0 radical (unpaired) electrons. The number of unbranched alkanes of at least 4 members (excludes halogenated alkanes) is 3. The van der Waals surface area contributed by atoms with Gasteiger partial charge in [0.2, 0.25) is 5.79 Å². The Labute approximate surface area is 170 Å². The van der Waals surface area contributed by atoms with Gasteiger partial charge in [0.1, 0.15) is 5.69 Å². The molecule has 0 aliphatic heterocycles. The van der Waals surface area contributed by atoms with E-state index in [1.54, 1.807) is 12.3 Å². The second-order valence-electron chi connectivity index (χ2n) is 6.96. The minimum absolute atomic E-state index is 0.0909. The van der Waals surface area contributed by atoms with Gasteiger partial charge in [-0.15, -0.1) is 0 Å². The largest absolute Gasteiger partial charge is 0.434 e. The Morgan fingerprint density at radius 2 is 1.64 bits per heavy atom. The first-order chi connectivity index (χ1) is 13.6. The van der Waals surface area contributed by atoms with Crippen LogP contribution in [0.3, 0.4) is 0 Å². The van der Waals surface area contributed by atoms with Gasteiger partial charge in [-0.3, -0.25) is 4.98 Å². The first-order valence-corrected chi connectivity index (χ1v) is 10.2. The number of hydrogen-bond donors (Lipinski definition) is 3. The van der Waals surface area contributed by atoms with Crippen molar-refractivity contribution in [2.45, 2.75) is 50.1 Å². The van der Waals surface area contributed by atoms with Crippen LogP contribution >= 0.6 is 12.6 Å². The van der Waals surface area contributed by atoms with Crippen molar-refractivity contribution in [1.29, 1.82) is 0 Å². The summed E-state index contributed by atoms with van der Waals surface area (Å²) in [5.41, 5.74) is 2.93. The van der Waals surface area contributed by atoms with E-state index in [-0.39, 0.29) is 12.3 Å². The number of rotatable bonds is 10. The second-order valence-corrected chi connectivity index (χ2v) is 7.27. The van der Waals surface area contributed by atoms with Gasteiger partial charge in [-0.2, -0.15) is 12.6 Å². The second kappa shape index (κ2) is 9.87. The summed E-state index contributed by atoms with van der Waals surface area (Å²) >= 11 is 4.20. The minimum Gasteiger partial charge on any atom is -0.434 e. The van der Waals surface area contributed by atoms with Crippen molar-refractivity contribution in [1.82, 2.24) is 9.97 Å². The molecule has 0 bridgehead atoms. The van der Waals surface area contributed by atoms with Crippen molar-refractivity contribution in [3.63, 3.8) is 0 Å². The number of aliphatic hydroxyl groups is 2. The number of pyridine rings is 1. The highest BCUT2D eigenvalue weighted by Gasteiger charge is 2.31. The molecule has 0 aliphatic carbocycles. The Balaban J connectivity index is 1.45. The molecule has 6 heteroatoms. The summed E-state index contributed by atoms with van der Waals surface area (Å²) in [5.74, 6) is -1.14. The van der Waals surface area contributed by atoms with E-state index in [0.717, 1.165) is 31.2 Å². The van der Waals surface area contributed by atoms with E-state index < -0.39 is 5.79 Å². The number of hydrogen-bond acceptors (Lipinski definition) is 6. The average Bonchev–Trinajstić information content (AvgIpc) is 3.23. The lowest BCUT2D eigenvalue weighted by Crippen LogP contribution is -2.25. The first kappa shape index (κ1) is 20.6. The molecule has 1 aromatic carbocycles. The normalized spacial score (nSPS) is 11.7. The predicted molar refractivity (Wildman–Crippen MR) is 112 cm³/mol. The number of benzene rings is 1. The third-order valence-corrected chi connectivity index (χ3v) is 5.06. The van der Waals surface area contributed by atoms with Crippen LogP contribution < -0.4 is 0 Å². The molecule has 0 amide bonds. The van der Waals surface area contributed by atoms with E-state index in [0.29, 0.717) is 23.6 Å². The van der Waals surface area contributed by atoms with Gasteiger partial charge in [0.15, 0.2) is 5.76 Å². The average molecular weight is 399 g/mol. The molecule has 0 fully saturated rings. The number of oxazole rings is 1. The Bertz CT molecular complexity index is 848. The van der Waals surface area contributed by atoms with Crippen LogP contribution in [0.5, 0.6) is 0 Å². The summed E-state index contributed by atoms with van der Waals surface area (Å²) in [6, 6.07) is 14.1. The molecule has 28 heavy (non-hydrogen) atoms. The lowest BCUT2D eigenvalue weighted by molar-refractivity contribution is -0.191. The molecular formula is C22H26N2O3S. The summed E-state index contributed by atoms with van der Waals surface area (Å²) in [6.45, 7) is 0. The molecule has 2 aromatic heterocycles. The Morgan fingerprint density at radius 3 is 2.36 bits per heavy atom. The number of aromatic nitrogens is 2. The van der Waals surface area contributed by atoms with Gasteiger partial charge in [-0.1, -0.05) is 49.2 Å². The standard InChI is InChI=1S/C22H26N2O3S/c25-22(26,13-7-2-1-4-8-17-9-5-3-6-10-17)21-24-15-20(27-21)19-12-11-18(16-28)14-23-19/h3,5-6,9-12,14-15,25-26,28H,1-2,4,7-8,13,16H2. The first-order valence-electron chi connectivity index (χ1n) is 9.59. The van der Waals surface area contributed by atoms with Crippen LogP contribution in [0.2, 0.25) is 0 Å². The molecule has 148 valence electrons. The van der Waals surface area contributed by atoms with Gasteiger partial charge >= 0.3 is 0 Å². The Kier molecular flexibility index (Phi) is 7.25. The van der Waals surface area contributed by atoms with Crippen molar-refractivity contribution in [2.24, 2.45) is 0 Å². The van der Waals surface area contributed by atoms with Crippen molar-refractivity contribution in [3.05, 3.63) is 71.9 Å². The minimum atomic E-state index is -2.07. The van der Waals surface area contributed by atoms with Crippen LogP contribution in [0.1, 0.15) is 49.1 Å². The van der Waals surface area contributed by atoms with Crippen LogP contribution in [0.4, 0.5) is 0 Å². The zero-order chi connectivity index (χ0) is 19.8. The van der Waals surface area contributed by atoms with E-state index >= 15 is 0 Å². The van der Waals surface area contributed by atoms with Crippen molar-refractivity contribution in [3.8, 4) is 11.5 Å². The summed E-state index contributed by atoms with van der Waals surface area (Å²) < 4.78 is 5.55. The van der Waals surface area contributed by atoms with Crippen molar-refractivity contribution >= 4 is 12.6 Å². The van der Waals surface area contributed by atoms with Gasteiger partial charge in [0.05, 0.1) is 6.20 Å². The van der Waals surface area contributed by atoms with Gasteiger partial charge in [0, 0.05) is 18.4 Å². The molecule has 0 unspecified atom stereocenters. The van der Waals surface area contributed by atoms with Crippen LogP contribution in [0.25, 0.3) is 11.5 Å². The highest BCUT2D eigenvalue weighted by molar-refractivity contribution is 7.79. The predicted octanol–water partition coefficient (Wildman–Crippen LogP) is 4.50. The molecule has 0 spiro atoms. The van der Waals surface area contributed by atoms with Crippen molar-refractivity contribution < 1.29 is 14.6 Å². The van der Waals surface area contributed by atoms with Crippen LogP contribution in [0, 0.1) is 0 Å². The fourth-order valence-electron chi connectivity index (χ4n) is 3.05. The van der Waals surface area contributed by atoms with Gasteiger partial charge in [0.25, 0.3) is 5.89 Å². The monoisotopic (exact) mass is 398 g/mol. The SMILES string of the molecule is OC(O)(CCCCCCc1ccccc1)c1ncc(-c2ccc(CS)cn2)o1. The molecule has 0 atom stereocenters. The molecule has 0 saturated heterocycles. The Morgan fingerprint density at radius 1 is 0.857 bits per heavy atom. The molecule has 2 heterocycles. The smallest absolute Gasteiger partial charge is 0.255 e. The third-order valence-electron chi connectivity index (χ3n) is 4.69. The number of aryl methyl sites for hydroxylation is 1. The van der Waals surface area contributed by atoms with E-state index in [4.69, 9.17) is 4.42 Å². The highest BCUT2D eigenvalue weighted by Crippen LogP contribution is 2.28. The van der Waals surface area contributed by atoms with E-state index in [9.17, 15) is 10.2 Å². The molecular weight excluding hydrogens is 372 g/mol. The summed E-state index contributed by atoms with van der Waals surface area (Å²) in [4.78, 5) is 8.33. The van der Waals surface area contributed by atoms with Crippen molar-refractivity contribution in [2.75, 3.05) is 0 Å². The maximum atomic E-state index is 10.3. The number of thiol groups is 1. The fourth-order valence-corrected chi connectivity index (χ4v) is 3.23. The van der Waals surface area contributed by atoms with E-state index in [1.807, 2.05) is 12.1 Å². The molecule has 5 nitrogen and oxygen atoms in total. The Hall–Kier alpha value is -2.15. The molecule has 2 N–H and O–H groups in total. The number of nitrogens with zero attached hydrogens (tertiary/aromatic N) is 2. The van der Waals surface area contributed by atoms with Gasteiger partial charge in [-0.05, 0) is 36.5 Å². The lowest BCUT2D eigenvalue weighted by Gasteiger charge is -2.17. The molecule has 0 aliphatic rings. The summed E-state index contributed by atoms with van der Waals surface area (Å²) in [5, 5.41) is 20.7. The summed E-state index contributed by atoms with van der Waals surface area (Å²) in [7, 11) is 0. The molecule has 3 aromatic rings. The maximum absolute atomic E-state index is 10.3. The molecule has 0 saturated carbocycles. The zero-order valence-electron chi connectivity index (χ0n) is 15.8. The third kappa shape index (κ3) is 5.67. The van der Waals surface area contributed by atoms with Gasteiger partial charge in [-0.25, -0.2) is 4.98 Å². The van der Waals surface area contributed by atoms with E-state index in [1.165, 1.54) is 11.8 Å². The topological polar surface area (TPSA) is 79.4 Å². The lowest BCUT2D eigenvalue weighted by atomic mass is 10.0. The zero-order valence-corrected chi connectivity index (χ0v) is 16.7. The van der Waals surface area contributed by atoms with Crippen LogP contribution in [-0.2, 0) is 18.0 Å². The quantitative estimate of drug-likeness (QED) is 0.266. The summed E-state index contributed by atoms with van der Waals surface area (Å²) in [6.07, 6.45) is 8.17.